The smallest absolute Gasteiger partial charge is 0.176 e. The third-order valence-electron chi connectivity index (χ3n) is 2.78. The number of rotatable bonds is 5. The van der Waals surface area contributed by atoms with Crippen molar-refractivity contribution in [2.75, 3.05) is 13.6 Å². The largest absolute Gasteiger partial charge is 0.295 e. The van der Waals surface area contributed by atoms with Gasteiger partial charge >= 0.3 is 0 Å². The molecule has 98 valence electrons. The van der Waals surface area contributed by atoms with E-state index in [0.717, 1.165) is 12.1 Å². The van der Waals surface area contributed by atoms with Crippen LogP contribution in [-0.4, -0.2) is 29.3 Å². The molecular formula is C15H15ClN2O. The van der Waals surface area contributed by atoms with Gasteiger partial charge in [0, 0.05) is 29.5 Å². The number of halogens is 1. The molecule has 1 aromatic carbocycles. The first-order chi connectivity index (χ1) is 9.15. The van der Waals surface area contributed by atoms with Crippen LogP contribution in [0.5, 0.6) is 0 Å². The lowest BCUT2D eigenvalue weighted by Crippen LogP contribution is -2.25. The van der Waals surface area contributed by atoms with E-state index in [1.165, 1.54) is 0 Å². The van der Waals surface area contributed by atoms with E-state index in [1.54, 1.807) is 36.7 Å². The minimum atomic E-state index is 0.0909. The molecule has 0 saturated carbocycles. The van der Waals surface area contributed by atoms with Gasteiger partial charge in [0.15, 0.2) is 5.78 Å². The molecular weight excluding hydrogens is 260 g/mol. The van der Waals surface area contributed by atoms with Crippen LogP contribution in [0.1, 0.15) is 15.9 Å². The van der Waals surface area contributed by atoms with E-state index >= 15 is 0 Å². The van der Waals surface area contributed by atoms with Crippen molar-refractivity contribution in [1.82, 2.24) is 9.88 Å². The third kappa shape index (κ3) is 4.16. The molecule has 0 saturated heterocycles. The van der Waals surface area contributed by atoms with Crippen molar-refractivity contribution in [3.8, 4) is 0 Å². The molecule has 2 aromatic rings. The van der Waals surface area contributed by atoms with E-state index in [4.69, 9.17) is 11.6 Å². The zero-order valence-corrected chi connectivity index (χ0v) is 11.5. The Labute approximate surface area is 117 Å². The van der Waals surface area contributed by atoms with Crippen molar-refractivity contribution in [3.05, 3.63) is 64.9 Å². The summed E-state index contributed by atoms with van der Waals surface area (Å²) < 4.78 is 0. The van der Waals surface area contributed by atoms with Crippen molar-refractivity contribution in [3.63, 3.8) is 0 Å². The minimum absolute atomic E-state index is 0.0909. The molecule has 1 heterocycles. The second-order valence-corrected chi connectivity index (χ2v) is 4.89. The molecule has 1 aromatic heterocycles. The molecule has 0 bridgehead atoms. The normalized spacial score (nSPS) is 10.7. The van der Waals surface area contributed by atoms with Gasteiger partial charge in [0.1, 0.15) is 0 Å². The number of likely N-dealkylation sites (N-methyl/N-ethyl adjacent to an activating group) is 1. The molecule has 0 fully saturated rings. The first-order valence-electron chi connectivity index (χ1n) is 6.01. The van der Waals surface area contributed by atoms with Gasteiger partial charge in [-0.1, -0.05) is 11.6 Å². The van der Waals surface area contributed by atoms with Gasteiger partial charge in [0.05, 0.1) is 6.54 Å². The summed E-state index contributed by atoms with van der Waals surface area (Å²) in [6, 6.07) is 10.9. The van der Waals surface area contributed by atoms with Gasteiger partial charge in [-0.25, -0.2) is 0 Å². The first kappa shape index (κ1) is 13.7. The van der Waals surface area contributed by atoms with Gasteiger partial charge in [-0.05, 0) is 49.0 Å². The number of ketones is 1. The standard InChI is InChI=1S/C15H15ClN2O/c1-18(10-12-6-8-17-9-7-12)11-15(19)13-2-4-14(16)5-3-13/h2-9H,10-11H2,1H3. The molecule has 0 radical (unpaired) electrons. The zero-order valence-electron chi connectivity index (χ0n) is 10.7. The van der Waals surface area contributed by atoms with Crippen LogP contribution in [0.3, 0.4) is 0 Å². The van der Waals surface area contributed by atoms with Crippen molar-refractivity contribution in [2.45, 2.75) is 6.54 Å². The summed E-state index contributed by atoms with van der Waals surface area (Å²) >= 11 is 5.80. The highest BCUT2D eigenvalue weighted by molar-refractivity contribution is 6.30. The Kier molecular flexibility index (Phi) is 4.66. The van der Waals surface area contributed by atoms with Crippen LogP contribution in [-0.2, 0) is 6.54 Å². The number of carbonyl (C=O) groups excluding carboxylic acids is 1. The average Bonchev–Trinajstić information content (AvgIpc) is 2.40. The Hall–Kier alpha value is -1.71. The first-order valence-corrected chi connectivity index (χ1v) is 6.39. The number of Topliss-reactive ketones (excluding diaryl/α,β-unsaturated/α-hetero) is 1. The Bertz CT molecular complexity index is 540. The SMILES string of the molecule is CN(CC(=O)c1ccc(Cl)cc1)Cc1ccncc1. The summed E-state index contributed by atoms with van der Waals surface area (Å²) in [7, 11) is 1.92. The lowest BCUT2D eigenvalue weighted by Gasteiger charge is -2.15. The molecule has 3 nitrogen and oxygen atoms in total. The minimum Gasteiger partial charge on any atom is -0.295 e. The molecule has 0 spiro atoms. The van der Waals surface area contributed by atoms with E-state index < -0.39 is 0 Å². The Morgan fingerprint density at radius 1 is 1.16 bits per heavy atom. The number of benzene rings is 1. The molecule has 0 unspecified atom stereocenters. The average molecular weight is 275 g/mol. The van der Waals surface area contributed by atoms with Crippen LogP contribution in [0.15, 0.2) is 48.8 Å². The summed E-state index contributed by atoms with van der Waals surface area (Å²) in [6.07, 6.45) is 3.51. The molecule has 0 N–H and O–H groups in total. The fourth-order valence-corrected chi connectivity index (χ4v) is 1.95. The van der Waals surface area contributed by atoms with Crippen LogP contribution in [0.2, 0.25) is 5.02 Å². The van der Waals surface area contributed by atoms with Gasteiger partial charge < -0.3 is 0 Å². The van der Waals surface area contributed by atoms with Crippen molar-refractivity contribution in [2.24, 2.45) is 0 Å². The Morgan fingerprint density at radius 2 is 1.79 bits per heavy atom. The lowest BCUT2D eigenvalue weighted by atomic mass is 10.1. The number of hydrogen-bond donors (Lipinski definition) is 0. The van der Waals surface area contributed by atoms with Gasteiger partial charge in [0.25, 0.3) is 0 Å². The number of aromatic nitrogens is 1. The molecule has 4 heteroatoms. The van der Waals surface area contributed by atoms with Crippen molar-refractivity contribution < 1.29 is 4.79 Å². The van der Waals surface area contributed by atoms with Crippen LogP contribution in [0.4, 0.5) is 0 Å². The number of pyridine rings is 1. The predicted octanol–water partition coefficient (Wildman–Crippen LogP) is 3.05. The van der Waals surface area contributed by atoms with Crippen molar-refractivity contribution >= 4 is 17.4 Å². The summed E-state index contributed by atoms with van der Waals surface area (Å²) in [6.45, 7) is 1.10. The fourth-order valence-electron chi connectivity index (χ4n) is 1.83. The van der Waals surface area contributed by atoms with E-state index in [-0.39, 0.29) is 5.78 Å². The maximum Gasteiger partial charge on any atom is 0.176 e. The maximum atomic E-state index is 12.1. The van der Waals surface area contributed by atoms with Crippen LogP contribution in [0, 0.1) is 0 Å². The monoisotopic (exact) mass is 274 g/mol. The quantitative estimate of drug-likeness (QED) is 0.786. The highest BCUT2D eigenvalue weighted by Gasteiger charge is 2.09. The lowest BCUT2D eigenvalue weighted by molar-refractivity contribution is 0.0943. The molecule has 2 rings (SSSR count). The fraction of sp³-hybridized carbons (Fsp3) is 0.200. The van der Waals surface area contributed by atoms with Crippen LogP contribution in [0.25, 0.3) is 0 Å². The van der Waals surface area contributed by atoms with Crippen molar-refractivity contribution in [1.29, 1.82) is 0 Å². The maximum absolute atomic E-state index is 12.1. The van der Waals surface area contributed by atoms with Crippen LogP contribution < -0.4 is 0 Å². The molecule has 0 amide bonds. The molecule has 0 aliphatic heterocycles. The second kappa shape index (κ2) is 6.45. The summed E-state index contributed by atoms with van der Waals surface area (Å²) in [5.41, 5.74) is 1.83. The van der Waals surface area contributed by atoms with Gasteiger partial charge in [0.2, 0.25) is 0 Å². The number of hydrogen-bond acceptors (Lipinski definition) is 3. The predicted molar refractivity (Wildman–Crippen MR) is 76.4 cm³/mol. The van der Waals surface area contributed by atoms with E-state index in [1.807, 2.05) is 24.1 Å². The molecule has 0 atom stereocenters. The Balaban J connectivity index is 1.93. The number of nitrogens with zero attached hydrogens (tertiary/aromatic N) is 2. The molecule has 0 aliphatic rings. The van der Waals surface area contributed by atoms with Crippen LogP contribution >= 0.6 is 11.6 Å². The van der Waals surface area contributed by atoms with Gasteiger partial charge in [-0.3, -0.25) is 14.7 Å². The summed E-state index contributed by atoms with van der Waals surface area (Å²) in [5.74, 6) is 0.0909. The van der Waals surface area contributed by atoms with E-state index in [9.17, 15) is 4.79 Å². The third-order valence-corrected chi connectivity index (χ3v) is 3.03. The van der Waals surface area contributed by atoms with E-state index in [2.05, 4.69) is 4.98 Å². The van der Waals surface area contributed by atoms with Gasteiger partial charge in [-0.15, -0.1) is 0 Å². The highest BCUT2D eigenvalue weighted by atomic mass is 35.5. The molecule has 0 aliphatic carbocycles. The number of carbonyl (C=O) groups is 1. The van der Waals surface area contributed by atoms with E-state index in [0.29, 0.717) is 17.1 Å². The zero-order chi connectivity index (χ0) is 13.7. The van der Waals surface area contributed by atoms with Gasteiger partial charge in [-0.2, -0.15) is 0 Å². The Morgan fingerprint density at radius 3 is 2.42 bits per heavy atom. The topological polar surface area (TPSA) is 33.2 Å². The second-order valence-electron chi connectivity index (χ2n) is 4.46. The molecule has 19 heavy (non-hydrogen) atoms. The highest BCUT2D eigenvalue weighted by Crippen LogP contribution is 2.11. The summed E-state index contributed by atoms with van der Waals surface area (Å²) in [4.78, 5) is 18.0. The summed E-state index contributed by atoms with van der Waals surface area (Å²) in [5, 5.41) is 0.640.